The number of hydrogen-bond acceptors (Lipinski definition) is 2. The topological polar surface area (TPSA) is 42.1 Å². The summed E-state index contributed by atoms with van der Waals surface area (Å²) in [6, 6.07) is 9.31. The quantitative estimate of drug-likeness (QED) is 0.447. The second-order valence-electron chi connectivity index (χ2n) is 7.06. The molecule has 148 valence electrons. The lowest BCUT2D eigenvalue weighted by atomic mass is 9.84. The molecule has 0 saturated heterocycles. The van der Waals surface area contributed by atoms with Crippen molar-refractivity contribution in [2.24, 2.45) is 0 Å². The minimum absolute atomic E-state index is 0.0923. The van der Waals surface area contributed by atoms with Gasteiger partial charge in [-0.15, -0.1) is 0 Å². The second-order valence-corrected chi connectivity index (χ2v) is 7.06. The molecule has 1 N–H and O–H groups in total. The summed E-state index contributed by atoms with van der Waals surface area (Å²) in [7, 11) is 0. The summed E-state index contributed by atoms with van der Waals surface area (Å²) in [5.41, 5.74) is -0.120. The number of aromatic nitrogens is 1. The zero-order valence-electron chi connectivity index (χ0n) is 15.6. The molecule has 28 heavy (non-hydrogen) atoms. The van der Waals surface area contributed by atoms with Gasteiger partial charge in [0.25, 0.3) is 0 Å². The van der Waals surface area contributed by atoms with Crippen LogP contribution in [0.15, 0.2) is 42.5 Å². The van der Waals surface area contributed by atoms with Gasteiger partial charge in [0.1, 0.15) is 5.82 Å². The molecule has 7 heteroatoms. The van der Waals surface area contributed by atoms with E-state index in [1.54, 1.807) is 45.0 Å². The van der Waals surface area contributed by atoms with E-state index in [9.17, 15) is 22.4 Å². The van der Waals surface area contributed by atoms with E-state index in [1.807, 2.05) is 0 Å². The maximum absolute atomic E-state index is 13.7. The number of benzene rings is 2. The third kappa shape index (κ3) is 3.74. The second kappa shape index (κ2) is 6.96. The smallest absolute Gasteiger partial charge is 0.416 e. The van der Waals surface area contributed by atoms with Crippen molar-refractivity contribution in [3.63, 3.8) is 0 Å². The summed E-state index contributed by atoms with van der Waals surface area (Å²) in [6.07, 6.45) is -4.64. The van der Waals surface area contributed by atoms with Gasteiger partial charge in [-0.05, 0) is 62.7 Å². The van der Waals surface area contributed by atoms with Gasteiger partial charge in [0.2, 0.25) is 0 Å². The van der Waals surface area contributed by atoms with Crippen molar-refractivity contribution in [3.8, 4) is 11.3 Å². The molecule has 0 aliphatic heterocycles. The fourth-order valence-corrected chi connectivity index (χ4v) is 3.02. The lowest BCUT2D eigenvalue weighted by Gasteiger charge is -2.22. The Morgan fingerprint density at radius 3 is 2.39 bits per heavy atom. The van der Waals surface area contributed by atoms with Crippen molar-refractivity contribution >= 4 is 16.9 Å². The zero-order chi connectivity index (χ0) is 20.7. The highest BCUT2D eigenvalue weighted by molar-refractivity contribution is 5.89. The Hall–Kier alpha value is -2.83. The van der Waals surface area contributed by atoms with Crippen molar-refractivity contribution in [2.45, 2.75) is 32.4 Å². The lowest BCUT2D eigenvalue weighted by molar-refractivity contribution is -0.148. The van der Waals surface area contributed by atoms with Gasteiger partial charge in [-0.3, -0.25) is 4.79 Å². The Kier molecular flexibility index (Phi) is 4.95. The van der Waals surface area contributed by atoms with Crippen LogP contribution in [-0.4, -0.2) is 17.6 Å². The van der Waals surface area contributed by atoms with Crippen molar-refractivity contribution in [1.82, 2.24) is 4.98 Å². The van der Waals surface area contributed by atoms with Crippen molar-refractivity contribution < 1.29 is 27.1 Å². The summed E-state index contributed by atoms with van der Waals surface area (Å²) in [5.74, 6) is -1.34. The molecule has 1 aromatic heterocycles. The minimum atomic E-state index is -4.64. The van der Waals surface area contributed by atoms with Crippen molar-refractivity contribution in [3.05, 3.63) is 59.4 Å². The van der Waals surface area contributed by atoms with Gasteiger partial charge in [0.05, 0.1) is 17.6 Å². The summed E-state index contributed by atoms with van der Waals surface area (Å²) >= 11 is 0. The first-order chi connectivity index (χ1) is 13.0. The Morgan fingerprint density at radius 1 is 1.04 bits per heavy atom. The monoisotopic (exact) mass is 393 g/mol. The van der Waals surface area contributed by atoms with Crippen LogP contribution in [0.25, 0.3) is 22.2 Å². The SMILES string of the molecule is CCOC(=O)C(C)(C)c1ccc2[nH]c(-c3cc(F)cc(C(F)(F)F)c3)cc2c1. The highest BCUT2D eigenvalue weighted by atomic mass is 19.4. The number of ether oxygens (including phenoxy) is 1. The third-order valence-electron chi connectivity index (χ3n) is 4.66. The standard InChI is InChI=1S/C21H19F4NO2/c1-4-28-19(27)20(2,3)14-5-6-17-13(7-14)10-18(26-17)12-8-15(21(23,24)25)11-16(22)9-12/h5-11,26H,4H2,1-3H3. The number of nitrogens with one attached hydrogen (secondary N) is 1. The predicted molar refractivity (Wildman–Crippen MR) is 98.4 cm³/mol. The van der Waals surface area contributed by atoms with E-state index in [4.69, 9.17) is 4.74 Å². The molecule has 1 heterocycles. The van der Waals surface area contributed by atoms with E-state index in [1.165, 1.54) is 0 Å². The van der Waals surface area contributed by atoms with E-state index in [0.29, 0.717) is 28.2 Å². The Balaban J connectivity index is 2.05. The number of esters is 1. The maximum atomic E-state index is 13.7. The van der Waals surface area contributed by atoms with Gasteiger partial charge >= 0.3 is 12.1 Å². The van der Waals surface area contributed by atoms with Crippen LogP contribution in [0.2, 0.25) is 0 Å². The molecule has 3 rings (SSSR count). The molecule has 0 saturated carbocycles. The van der Waals surface area contributed by atoms with E-state index in [2.05, 4.69) is 4.98 Å². The number of alkyl halides is 3. The predicted octanol–water partition coefficient (Wildman–Crippen LogP) is 5.83. The first-order valence-corrected chi connectivity index (χ1v) is 8.71. The van der Waals surface area contributed by atoms with Crippen LogP contribution in [0.1, 0.15) is 31.9 Å². The van der Waals surface area contributed by atoms with Crippen LogP contribution >= 0.6 is 0 Å². The molecule has 0 amide bonds. The Morgan fingerprint density at radius 2 is 1.75 bits per heavy atom. The number of halogens is 4. The molecule has 0 fully saturated rings. The average Bonchev–Trinajstić information content (AvgIpc) is 3.04. The zero-order valence-corrected chi connectivity index (χ0v) is 15.6. The normalized spacial score (nSPS) is 12.4. The molecule has 0 aliphatic carbocycles. The van der Waals surface area contributed by atoms with Crippen LogP contribution in [-0.2, 0) is 21.1 Å². The number of H-pyrrole nitrogens is 1. The fourth-order valence-electron chi connectivity index (χ4n) is 3.02. The highest BCUT2D eigenvalue weighted by Gasteiger charge is 2.32. The number of aromatic amines is 1. The molecular formula is C21H19F4NO2. The molecule has 0 spiro atoms. The molecule has 0 bridgehead atoms. The lowest BCUT2D eigenvalue weighted by Crippen LogP contribution is -2.31. The molecule has 0 aliphatic rings. The molecule has 0 radical (unpaired) electrons. The number of carbonyl (C=O) groups excluding carboxylic acids is 1. The van der Waals surface area contributed by atoms with E-state index in [0.717, 1.165) is 12.1 Å². The van der Waals surface area contributed by atoms with Crippen molar-refractivity contribution in [1.29, 1.82) is 0 Å². The summed E-state index contributed by atoms with van der Waals surface area (Å²) < 4.78 is 57.7. The molecule has 2 aromatic carbocycles. The van der Waals surface area contributed by atoms with Crippen LogP contribution < -0.4 is 0 Å². The molecular weight excluding hydrogens is 374 g/mol. The molecule has 0 unspecified atom stereocenters. The van der Waals surface area contributed by atoms with Gasteiger partial charge in [-0.1, -0.05) is 6.07 Å². The summed E-state index contributed by atoms with van der Waals surface area (Å²) in [4.78, 5) is 15.2. The average molecular weight is 393 g/mol. The fraction of sp³-hybridized carbons (Fsp3) is 0.286. The molecule has 0 atom stereocenters. The number of fused-ring (bicyclic) bond motifs is 1. The maximum Gasteiger partial charge on any atom is 0.416 e. The third-order valence-corrected chi connectivity index (χ3v) is 4.66. The minimum Gasteiger partial charge on any atom is -0.465 e. The van der Waals surface area contributed by atoms with E-state index < -0.39 is 23.0 Å². The summed E-state index contributed by atoms with van der Waals surface area (Å²) in [5, 5.41) is 0.697. The van der Waals surface area contributed by atoms with Crippen LogP contribution in [0.3, 0.4) is 0 Å². The highest BCUT2D eigenvalue weighted by Crippen LogP contribution is 2.35. The van der Waals surface area contributed by atoms with Crippen LogP contribution in [0, 0.1) is 5.82 Å². The Labute approximate surface area is 159 Å². The number of hydrogen-bond donors (Lipinski definition) is 1. The number of carbonyl (C=O) groups is 1. The van der Waals surface area contributed by atoms with Crippen LogP contribution in [0.4, 0.5) is 17.6 Å². The first kappa shape index (κ1) is 19.9. The number of rotatable bonds is 4. The molecule has 3 aromatic rings. The van der Waals surface area contributed by atoms with Gasteiger partial charge in [0.15, 0.2) is 0 Å². The van der Waals surface area contributed by atoms with Gasteiger partial charge < -0.3 is 9.72 Å². The van der Waals surface area contributed by atoms with E-state index >= 15 is 0 Å². The van der Waals surface area contributed by atoms with Crippen molar-refractivity contribution in [2.75, 3.05) is 6.61 Å². The van der Waals surface area contributed by atoms with Gasteiger partial charge in [-0.25, -0.2) is 4.39 Å². The van der Waals surface area contributed by atoms with Crippen LogP contribution in [0.5, 0.6) is 0 Å². The Bertz CT molecular complexity index is 1030. The summed E-state index contributed by atoms with van der Waals surface area (Å²) in [6.45, 7) is 5.47. The van der Waals surface area contributed by atoms with E-state index in [-0.39, 0.29) is 18.1 Å². The van der Waals surface area contributed by atoms with Gasteiger partial charge in [0, 0.05) is 22.2 Å². The largest absolute Gasteiger partial charge is 0.465 e. The molecule has 3 nitrogen and oxygen atoms in total. The first-order valence-electron chi connectivity index (χ1n) is 8.71. The van der Waals surface area contributed by atoms with Gasteiger partial charge in [-0.2, -0.15) is 13.2 Å².